The number of Topliss-reactive ketones (excluding diaryl/α,β-unsaturated/α-hetero) is 1. The molecule has 0 aliphatic rings. The molecule has 0 N–H and O–H groups in total. The van der Waals surface area contributed by atoms with Crippen LogP contribution in [-0.4, -0.2) is 15.9 Å². The fourth-order valence-corrected chi connectivity index (χ4v) is 1.74. The Morgan fingerprint density at radius 3 is 2.89 bits per heavy atom. The molecule has 94 valence electrons. The molecule has 1 aromatic heterocycles. The number of nitrogens with zero attached hydrogens (tertiary/aromatic N) is 2. The highest BCUT2D eigenvalue weighted by Crippen LogP contribution is 2.17. The molecule has 0 aliphatic heterocycles. The molecule has 0 radical (unpaired) electrons. The van der Waals surface area contributed by atoms with E-state index in [1.165, 1.54) is 0 Å². The van der Waals surface area contributed by atoms with Crippen molar-refractivity contribution >= 4 is 17.4 Å². The lowest BCUT2D eigenvalue weighted by Gasteiger charge is -1.98. The quantitative estimate of drug-likeness (QED) is 0.833. The predicted octanol–water partition coefficient (Wildman–Crippen LogP) is 2.84. The number of rotatable bonds is 5. The monoisotopic (exact) mass is 264 g/mol. The number of hydrogen-bond donors (Lipinski definition) is 0. The van der Waals surface area contributed by atoms with E-state index in [0.717, 1.165) is 5.56 Å². The van der Waals surface area contributed by atoms with Gasteiger partial charge in [0.15, 0.2) is 5.82 Å². The number of carbonyl (C=O) groups is 1. The zero-order valence-electron chi connectivity index (χ0n) is 10.0. The smallest absolute Gasteiger partial charge is 0.234 e. The van der Waals surface area contributed by atoms with Crippen molar-refractivity contribution < 1.29 is 9.32 Å². The van der Waals surface area contributed by atoms with Gasteiger partial charge < -0.3 is 4.52 Å². The van der Waals surface area contributed by atoms with Crippen molar-refractivity contribution in [2.45, 2.75) is 26.2 Å². The molecule has 2 aromatic rings. The second-order valence-electron chi connectivity index (χ2n) is 3.94. The van der Waals surface area contributed by atoms with E-state index in [9.17, 15) is 4.79 Å². The van der Waals surface area contributed by atoms with E-state index < -0.39 is 0 Å². The summed E-state index contributed by atoms with van der Waals surface area (Å²) in [5, 5.41) is 4.52. The lowest BCUT2D eigenvalue weighted by Crippen LogP contribution is -2.00. The first kappa shape index (κ1) is 12.8. The van der Waals surface area contributed by atoms with Crippen LogP contribution in [-0.2, 0) is 17.6 Å². The molecule has 0 saturated heterocycles. The molecule has 4 nitrogen and oxygen atoms in total. The summed E-state index contributed by atoms with van der Waals surface area (Å²) in [6, 6.07) is 7.50. The Morgan fingerprint density at radius 1 is 1.39 bits per heavy atom. The SMILES string of the molecule is CCC(=O)Cc1nc(Cc2ccccc2Cl)no1. The van der Waals surface area contributed by atoms with Crippen molar-refractivity contribution in [3.8, 4) is 0 Å². The number of hydrogen-bond acceptors (Lipinski definition) is 4. The maximum absolute atomic E-state index is 11.3. The van der Waals surface area contributed by atoms with Crippen molar-refractivity contribution in [2.75, 3.05) is 0 Å². The first-order valence-electron chi connectivity index (χ1n) is 5.75. The molecule has 0 fully saturated rings. The molecular weight excluding hydrogens is 252 g/mol. The van der Waals surface area contributed by atoms with Gasteiger partial charge in [0.25, 0.3) is 0 Å². The lowest BCUT2D eigenvalue weighted by atomic mass is 10.1. The fraction of sp³-hybridized carbons (Fsp3) is 0.308. The van der Waals surface area contributed by atoms with E-state index in [-0.39, 0.29) is 12.2 Å². The molecule has 0 saturated carbocycles. The molecule has 5 heteroatoms. The van der Waals surface area contributed by atoms with Crippen molar-refractivity contribution in [1.82, 2.24) is 10.1 Å². The third-order valence-electron chi connectivity index (χ3n) is 2.56. The van der Waals surface area contributed by atoms with Gasteiger partial charge in [-0.25, -0.2) is 0 Å². The van der Waals surface area contributed by atoms with Crippen molar-refractivity contribution in [3.63, 3.8) is 0 Å². The van der Waals surface area contributed by atoms with Crippen LogP contribution in [0.15, 0.2) is 28.8 Å². The molecule has 0 aliphatic carbocycles. The summed E-state index contributed by atoms with van der Waals surface area (Å²) in [6.45, 7) is 1.81. The Hall–Kier alpha value is -1.68. The number of aromatic nitrogens is 2. The molecule has 2 rings (SSSR count). The highest BCUT2D eigenvalue weighted by atomic mass is 35.5. The second kappa shape index (κ2) is 5.78. The average Bonchev–Trinajstić information content (AvgIpc) is 2.79. The third-order valence-corrected chi connectivity index (χ3v) is 2.93. The molecule has 0 bridgehead atoms. The Labute approximate surface area is 110 Å². The van der Waals surface area contributed by atoms with E-state index >= 15 is 0 Å². The van der Waals surface area contributed by atoms with Gasteiger partial charge in [-0.15, -0.1) is 0 Å². The molecule has 0 unspecified atom stereocenters. The minimum absolute atomic E-state index is 0.0861. The van der Waals surface area contributed by atoms with Crippen LogP contribution in [0.3, 0.4) is 0 Å². The van der Waals surface area contributed by atoms with Crippen LogP contribution in [0.5, 0.6) is 0 Å². The molecule has 0 amide bonds. The van der Waals surface area contributed by atoms with Crippen LogP contribution in [0.2, 0.25) is 5.02 Å². The molecule has 0 atom stereocenters. The van der Waals surface area contributed by atoms with Crippen LogP contribution in [0, 0.1) is 0 Å². The molecular formula is C13H13ClN2O2. The largest absolute Gasteiger partial charge is 0.339 e. The Bertz CT molecular complexity index is 551. The zero-order valence-corrected chi connectivity index (χ0v) is 10.8. The summed E-state index contributed by atoms with van der Waals surface area (Å²) in [7, 11) is 0. The summed E-state index contributed by atoms with van der Waals surface area (Å²) in [6.07, 6.45) is 1.18. The Morgan fingerprint density at radius 2 is 2.17 bits per heavy atom. The molecule has 0 spiro atoms. The third kappa shape index (κ3) is 3.17. The lowest BCUT2D eigenvalue weighted by molar-refractivity contribution is -0.118. The van der Waals surface area contributed by atoms with Crippen LogP contribution in [0.25, 0.3) is 0 Å². The number of halogens is 1. The summed E-state index contributed by atoms with van der Waals surface area (Å²) < 4.78 is 5.02. The number of ketones is 1. The summed E-state index contributed by atoms with van der Waals surface area (Å²) in [4.78, 5) is 15.4. The van der Waals surface area contributed by atoms with E-state index in [2.05, 4.69) is 10.1 Å². The first-order valence-corrected chi connectivity index (χ1v) is 6.13. The Balaban J connectivity index is 2.07. The highest BCUT2D eigenvalue weighted by molar-refractivity contribution is 6.31. The van der Waals surface area contributed by atoms with Crippen LogP contribution >= 0.6 is 11.6 Å². The predicted molar refractivity (Wildman–Crippen MR) is 67.6 cm³/mol. The van der Waals surface area contributed by atoms with Gasteiger partial charge in [-0.05, 0) is 11.6 Å². The minimum Gasteiger partial charge on any atom is -0.339 e. The number of carbonyl (C=O) groups excluding carboxylic acids is 1. The first-order chi connectivity index (χ1) is 8.69. The fourth-order valence-electron chi connectivity index (χ4n) is 1.54. The van der Waals surface area contributed by atoms with Gasteiger partial charge in [-0.3, -0.25) is 4.79 Å². The average molecular weight is 265 g/mol. The van der Waals surface area contributed by atoms with Gasteiger partial charge in [-0.1, -0.05) is 41.9 Å². The number of benzene rings is 1. The van der Waals surface area contributed by atoms with Gasteiger partial charge in [0.2, 0.25) is 5.89 Å². The van der Waals surface area contributed by atoms with Crippen molar-refractivity contribution in [3.05, 3.63) is 46.6 Å². The second-order valence-corrected chi connectivity index (χ2v) is 4.35. The van der Waals surface area contributed by atoms with Gasteiger partial charge in [0.05, 0.1) is 6.42 Å². The van der Waals surface area contributed by atoms with Gasteiger partial charge >= 0.3 is 0 Å². The summed E-state index contributed by atoms with van der Waals surface area (Å²) in [5.41, 5.74) is 0.938. The van der Waals surface area contributed by atoms with E-state index in [4.69, 9.17) is 16.1 Å². The maximum Gasteiger partial charge on any atom is 0.234 e. The van der Waals surface area contributed by atoms with Crippen molar-refractivity contribution in [1.29, 1.82) is 0 Å². The standard InChI is InChI=1S/C13H13ClN2O2/c1-2-10(17)8-13-15-12(16-18-13)7-9-5-3-4-6-11(9)14/h3-6H,2,7-8H2,1H3. The minimum atomic E-state index is 0.0861. The topological polar surface area (TPSA) is 56.0 Å². The zero-order chi connectivity index (χ0) is 13.0. The van der Waals surface area contributed by atoms with E-state index in [1.54, 1.807) is 0 Å². The summed E-state index contributed by atoms with van der Waals surface area (Å²) >= 11 is 6.05. The van der Waals surface area contributed by atoms with Gasteiger partial charge in [0.1, 0.15) is 5.78 Å². The van der Waals surface area contributed by atoms with Crippen LogP contribution in [0.4, 0.5) is 0 Å². The molecule has 1 heterocycles. The normalized spacial score (nSPS) is 10.6. The van der Waals surface area contributed by atoms with E-state index in [0.29, 0.717) is 29.6 Å². The molecule has 18 heavy (non-hydrogen) atoms. The summed E-state index contributed by atoms with van der Waals surface area (Å²) in [5.74, 6) is 0.994. The van der Waals surface area contributed by atoms with Gasteiger partial charge in [0, 0.05) is 17.9 Å². The Kier molecular flexibility index (Phi) is 4.10. The maximum atomic E-state index is 11.3. The van der Waals surface area contributed by atoms with Crippen LogP contribution < -0.4 is 0 Å². The van der Waals surface area contributed by atoms with E-state index in [1.807, 2.05) is 31.2 Å². The molecule has 1 aromatic carbocycles. The van der Waals surface area contributed by atoms with Gasteiger partial charge in [-0.2, -0.15) is 4.98 Å². The highest BCUT2D eigenvalue weighted by Gasteiger charge is 2.11. The van der Waals surface area contributed by atoms with Crippen LogP contribution in [0.1, 0.15) is 30.6 Å². The van der Waals surface area contributed by atoms with Crippen molar-refractivity contribution in [2.24, 2.45) is 0 Å².